The molecule has 1 aliphatic carbocycles. The number of H-pyrrole nitrogens is 1. The van der Waals surface area contributed by atoms with E-state index in [1.165, 1.54) is 0 Å². The molecule has 0 radical (unpaired) electrons. The van der Waals surface area contributed by atoms with Gasteiger partial charge in [-0.3, -0.25) is 4.79 Å². The summed E-state index contributed by atoms with van der Waals surface area (Å²) in [5.41, 5.74) is -0.818. The summed E-state index contributed by atoms with van der Waals surface area (Å²) in [6.07, 6.45) is 3.95. The van der Waals surface area contributed by atoms with Gasteiger partial charge in [0.15, 0.2) is 5.60 Å². The maximum atomic E-state index is 13.1. The van der Waals surface area contributed by atoms with Crippen molar-refractivity contribution in [3.05, 3.63) is 48.7 Å². The van der Waals surface area contributed by atoms with Crippen molar-refractivity contribution in [2.75, 3.05) is 6.61 Å². The summed E-state index contributed by atoms with van der Waals surface area (Å²) in [4.78, 5) is 20.2. The van der Waals surface area contributed by atoms with Crippen LogP contribution in [0.15, 0.2) is 43.1 Å². The van der Waals surface area contributed by atoms with Gasteiger partial charge in [0.25, 0.3) is 5.91 Å². The fourth-order valence-electron chi connectivity index (χ4n) is 3.89. The predicted octanol–water partition coefficient (Wildman–Crippen LogP) is 3.72. The minimum Gasteiger partial charge on any atom is -0.379 e. The van der Waals surface area contributed by atoms with Gasteiger partial charge in [0.1, 0.15) is 0 Å². The summed E-state index contributed by atoms with van der Waals surface area (Å²) >= 11 is 0. The fraction of sp³-hybridized carbons (Fsp3) is 0.455. The number of hydrogen-bond acceptors (Lipinski definition) is 4. The monoisotopic (exact) mass is 450 g/mol. The zero-order chi connectivity index (χ0) is 22.9. The number of carbonyl (C=O) groups excluding carboxylic acids is 1. The fourth-order valence-corrected chi connectivity index (χ4v) is 3.89. The molecule has 0 aliphatic heterocycles. The summed E-state index contributed by atoms with van der Waals surface area (Å²) in [6, 6.07) is 5.55. The van der Waals surface area contributed by atoms with E-state index in [0.717, 1.165) is 16.6 Å². The first-order valence-corrected chi connectivity index (χ1v) is 10.4. The van der Waals surface area contributed by atoms with Crippen molar-refractivity contribution in [1.29, 1.82) is 0 Å². The highest BCUT2D eigenvalue weighted by atomic mass is 19.4. The quantitative estimate of drug-likeness (QED) is 0.534. The van der Waals surface area contributed by atoms with E-state index in [0.29, 0.717) is 38.2 Å². The molecule has 3 N–H and O–H groups in total. The molecule has 1 aromatic carbocycles. The molecule has 4 rings (SSSR count). The smallest absolute Gasteiger partial charge is 0.379 e. The lowest BCUT2D eigenvalue weighted by molar-refractivity contribution is -0.271. The molecular weight excluding hydrogens is 425 g/mol. The molecule has 1 atom stereocenters. The Morgan fingerprint density at radius 1 is 1.31 bits per heavy atom. The van der Waals surface area contributed by atoms with Crippen LogP contribution in [-0.2, 0) is 4.74 Å². The highest BCUT2D eigenvalue weighted by Gasteiger charge is 2.50. The number of aromatic nitrogens is 3. The number of nitrogens with one attached hydrogen (secondary N) is 2. The third-order valence-electron chi connectivity index (χ3n) is 5.91. The van der Waals surface area contributed by atoms with Crippen LogP contribution in [0.3, 0.4) is 0 Å². The summed E-state index contributed by atoms with van der Waals surface area (Å²) in [7, 11) is 0. The van der Waals surface area contributed by atoms with Crippen LogP contribution in [0.4, 0.5) is 13.2 Å². The average molecular weight is 450 g/mol. The molecular formula is C22H25F3N4O3. The van der Waals surface area contributed by atoms with Gasteiger partial charge in [-0.05, 0) is 50.8 Å². The van der Waals surface area contributed by atoms with Crippen molar-refractivity contribution in [1.82, 2.24) is 19.9 Å². The number of carbonyl (C=O) groups is 1. The third-order valence-corrected chi connectivity index (χ3v) is 5.91. The van der Waals surface area contributed by atoms with E-state index in [2.05, 4.69) is 15.3 Å². The molecule has 0 spiro atoms. The summed E-state index contributed by atoms with van der Waals surface area (Å²) in [6.45, 7) is -0.0951. The van der Waals surface area contributed by atoms with E-state index in [4.69, 9.17) is 4.74 Å². The number of nitrogens with zero attached hydrogens (tertiary/aromatic N) is 2. The summed E-state index contributed by atoms with van der Waals surface area (Å²) < 4.78 is 45.5. The SMILES string of the molecule is CC(O)(COC1CCC(NC(=O)c2cc(-n3ccnc3)cc3cc[nH]c23)CC1)C(F)(F)F. The Balaban J connectivity index is 1.38. The zero-order valence-electron chi connectivity index (χ0n) is 17.5. The van der Waals surface area contributed by atoms with Gasteiger partial charge < -0.3 is 24.7 Å². The lowest BCUT2D eigenvalue weighted by Gasteiger charge is -2.32. The molecule has 1 fully saturated rings. The second-order valence-electron chi connectivity index (χ2n) is 8.43. The average Bonchev–Trinajstić information content (AvgIpc) is 3.43. The molecule has 2 aromatic heterocycles. The number of fused-ring (bicyclic) bond motifs is 1. The van der Waals surface area contributed by atoms with Crippen molar-refractivity contribution in [2.24, 2.45) is 0 Å². The molecule has 1 amide bonds. The molecule has 0 saturated heterocycles. The molecule has 7 nitrogen and oxygen atoms in total. The van der Waals surface area contributed by atoms with Gasteiger partial charge in [0, 0.05) is 35.7 Å². The molecule has 32 heavy (non-hydrogen) atoms. The van der Waals surface area contributed by atoms with Crippen molar-refractivity contribution >= 4 is 16.8 Å². The molecule has 172 valence electrons. The highest BCUT2D eigenvalue weighted by molar-refractivity contribution is 6.06. The predicted molar refractivity (Wildman–Crippen MR) is 112 cm³/mol. The topological polar surface area (TPSA) is 92.2 Å². The first kappa shape index (κ1) is 22.3. The molecule has 1 saturated carbocycles. The lowest BCUT2D eigenvalue weighted by atomic mass is 9.92. The van der Waals surface area contributed by atoms with Gasteiger partial charge in [-0.1, -0.05) is 0 Å². The summed E-state index contributed by atoms with van der Waals surface area (Å²) in [5.74, 6) is -0.219. The van der Waals surface area contributed by atoms with Crippen LogP contribution in [0.5, 0.6) is 0 Å². The maximum absolute atomic E-state index is 13.1. The maximum Gasteiger partial charge on any atom is 0.419 e. The second-order valence-corrected chi connectivity index (χ2v) is 8.43. The van der Waals surface area contributed by atoms with Crippen LogP contribution in [0.2, 0.25) is 0 Å². The number of halogens is 3. The van der Waals surface area contributed by atoms with E-state index >= 15 is 0 Å². The minimum absolute atomic E-state index is 0.104. The van der Waals surface area contributed by atoms with Crippen molar-refractivity contribution in [3.8, 4) is 5.69 Å². The van der Waals surface area contributed by atoms with Gasteiger partial charge >= 0.3 is 6.18 Å². The first-order chi connectivity index (χ1) is 15.1. The van der Waals surface area contributed by atoms with Gasteiger partial charge in [0.2, 0.25) is 0 Å². The van der Waals surface area contributed by atoms with Crippen molar-refractivity contribution in [3.63, 3.8) is 0 Å². The molecule has 1 aliphatic rings. The zero-order valence-corrected chi connectivity index (χ0v) is 17.5. The van der Waals surface area contributed by atoms with Gasteiger partial charge in [-0.25, -0.2) is 4.98 Å². The number of amides is 1. The number of aromatic amines is 1. The number of aliphatic hydroxyl groups is 1. The Morgan fingerprint density at radius 3 is 2.72 bits per heavy atom. The number of ether oxygens (including phenoxy) is 1. The Morgan fingerprint density at radius 2 is 2.06 bits per heavy atom. The molecule has 2 heterocycles. The molecule has 0 bridgehead atoms. The second kappa shape index (κ2) is 8.59. The molecule has 3 aromatic rings. The van der Waals surface area contributed by atoms with Crippen LogP contribution >= 0.6 is 0 Å². The number of imidazole rings is 1. The van der Waals surface area contributed by atoms with Gasteiger partial charge in [0.05, 0.1) is 30.1 Å². The Labute approximate surface area is 182 Å². The number of benzene rings is 1. The number of alkyl halides is 3. The molecule has 10 heteroatoms. The minimum atomic E-state index is -4.74. The lowest BCUT2D eigenvalue weighted by Crippen LogP contribution is -2.47. The van der Waals surface area contributed by atoms with Gasteiger partial charge in [-0.2, -0.15) is 13.2 Å². The highest BCUT2D eigenvalue weighted by Crippen LogP contribution is 2.32. The van der Waals surface area contributed by atoms with Crippen LogP contribution in [-0.4, -0.2) is 56.1 Å². The van der Waals surface area contributed by atoms with Gasteiger partial charge in [-0.15, -0.1) is 0 Å². The summed E-state index contributed by atoms with van der Waals surface area (Å²) in [5, 5.41) is 13.5. The van der Waals surface area contributed by atoms with E-state index in [-0.39, 0.29) is 18.1 Å². The number of rotatable bonds is 6. The number of hydrogen-bond donors (Lipinski definition) is 3. The van der Waals surface area contributed by atoms with Crippen LogP contribution < -0.4 is 5.32 Å². The standard InChI is InChI=1S/C22H25F3N4O3/c1-21(31,22(23,24)25)12-32-17-4-2-15(3-5-17)28-20(30)18-11-16(29-9-8-26-13-29)10-14-6-7-27-19(14)18/h6-11,13,15,17,27,31H,2-5,12H2,1H3,(H,28,30). The van der Waals surface area contributed by atoms with E-state index in [1.54, 1.807) is 31.0 Å². The van der Waals surface area contributed by atoms with E-state index in [9.17, 15) is 23.1 Å². The largest absolute Gasteiger partial charge is 0.419 e. The Kier molecular flexibility index (Phi) is 6.00. The van der Waals surface area contributed by atoms with Crippen molar-refractivity contribution < 1.29 is 27.8 Å². The van der Waals surface area contributed by atoms with E-state index in [1.807, 2.05) is 16.7 Å². The van der Waals surface area contributed by atoms with Crippen LogP contribution in [0.25, 0.3) is 16.6 Å². The molecule has 1 unspecified atom stereocenters. The normalized spacial score (nSPS) is 21.4. The van der Waals surface area contributed by atoms with E-state index < -0.39 is 18.4 Å². The third kappa shape index (κ3) is 4.66. The van der Waals surface area contributed by atoms with Crippen LogP contribution in [0.1, 0.15) is 43.0 Å². The first-order valence-electron chi connectivity index (χ1n) is 10.4. The Bertz CT molecular complexity index is 1070. The van der Waals surface area contributed by atoms with Crippen molar-refractivity contribution in [2.45, 2.75) is 56.5 Å². The van der Waals surface area contributed by atoms with Crippen LogP contribution in [0, 0.1) is 0 Å². The Hall–Kier alpha value is -2.85.